The van der Waals surface area contributed by atoms with Gasteiger partial charge in [-0.05, 0) is 0 Å². The van der Waals surface area contributed by atoms with Crippen LogP contribution in [0, 0.1) is 0 Å². The standard InChI is InChI=1S/2Li.3H2O.2H/h;;3*1H2;;/q2*+1;;;;2*-1. The fourth-order valence-corrected chi connectivity index (χ4v) is 0. The average Bonchev–Trinajstić information content (AvgIpc) is 0. The van der Waals surface area contributed by atoms with Crippen LogP contribution in [0.2, 0.25) is 0 Å². The minimum atomic E-state index is 0. The Morgan fingerprint density at radius 1 is 0.600 bits per heavy atom. The molecule has 0 aromatic heterocycles. The van der Waals surface area contributed by atoms with Crippen molar-refractivity contribution in [3.8, 4) is 0 Å². The van der Waals surface area contributed by atoms with E-state index in [1.807, 2.05) is 0 Å². The summed E-state index contributed by atoms with van der Waals surface area (Å²) in [6.07, 6.45) is 0. The summed E-state index contributed by atoms with van der Waals surface area (Å²) < 4.78 is 0. The Hall–Kier alpha value is 1.07. The van der Waals surface area contributed by atoms with E-state index in [0.29, 0.717) is 0 Å². The van der Waals surface area contributed by atoms with Crippen molar-refractivity contribution in [2.75, 3.05) is 0 Å². The minimum Gasteiger partial charge on any atom is -1.00 e. The van der Waals surface area contributed by atoms with Gasteiger partial charge < -0.3 is 19.3 Å². The predicted octanol–water partition coefficient (Wildman–Crippen LogP) is -8.24. The van der Waals surface area contributed by atoms with Gasteiger partial charge in [0.05, 0.1) is 0 Å². The summed E-state index contributed by atoms with van der Waals surface area (Å²) in [5.41, 5.74) is 0. The molecule has 0 spiro atoms. The van der Waals surface area contributed by atoms with E-state index in [-0.39, 0.29) is 57.0 Å². The smallest absolute Gasteiger partial charge is 1.00 e. The summed E-state index contributed by atoms with van der Waals surface area (Å²) in [6, 6.07) is 0. The molecule has 0 aliphatic heterocycles. The first-order valence-electron chi connectivity index (χ1n) is 0. The van der Waals surface area contributed by atoms with Gasteiger partial charge in [-0.3, -0.25) is 0 Å². The van der Waals surface area contributed by atoms with Crippen molar-refractivity contribution in [2.45, 2.75) is 0 Å². The number of hydrogen-bond acceptors (Lipinski definition) is 0. The zero-order chi connectivity index (χ0) is 0. The van der Waals surface area contributed by atoms with E-state index in [9.17, 15) is 0 Å². The van der Waals surface area contributed by atoms with Gasteiger partial charge in [0.2, 0.25) is 0 Å². The van der Waals surface area contributed by atoms with Crippen LogP contribution in [-0.2, 0) is 0 Å². The third-order valence-electron chi connectivity index (χ3n) is 0. The average molecular weight is 69.9 g/mol. The van der Waals surface area contributed by atoms with Gasteiger partial charge in [0.1, 0.15) is 0 Å². The Morgan fingerprint density at radius 2 is 0.600 bits per heavy atom. The molecule has 0 aromatic rings. The second-order valence-electron chi connectivity index (χ2n) is 0. The Balaban J connectivity index is 0. The fraction of sp³-hybridized carbons (Fsp3) is 0. The Kier molecular flexibility index (Phi) is 1980. The summed E-state index contributed by atoms with van der Waals surface area (Å²) in [5.74, 6) is 0. The maximum Gasteiger partial charge on any atom is 1.00 e. The van der Waals surface area contributed by atoms with E-state index in [2.05, 4.69) is 0 Å². The summed E-state index contributed by atoms with van der Waals surface area (Å²) in [5, 5.41) is 0. The Bertz CT molecular complexity index is 10.9. The SMILES string of the molecule is O.O.O.[H-].[H-].[Li+].[Li+]. The van der Waals surface area contributed by atoms with Crippen molar-refractivity contribution >= 4 is 0 Å². The first-order valence-corrected chi connectivity index (χ1v) is 0. The summed E-state index contributed by atoms with van der Waals surface area (Å²) in [6.45, 7) is 0. The van der Waals surface area contributed by atoms with Gasteiger partial charge >= 0.3 is 37.7 Å². The molecule has 28 valence electrons. The Labute approximate surface area is 57.4 Å². The first-order chi connectivity index (χ1) is 0. The molecule has 0 rings (SSSR count). The van der Waals surface area contributed by atoms with Crippen molar-refractivity contribution in [1.29, 1.82) is 0 Å². The van der Waals surface area contributed by atoms with E-state index in [1.165, 1.54) is 0 Å². The molecule has 0 heterocycles. The maximum atomic E-state index is 0. The number of rotatable bonds is 0. The van der Waals surface area contributed by atoms with Crippen molar-refractivity contribution in [3.63, 3.8) is 0 Å². The maximum absolute atomic E-state index is 0. The molecule has 0 atom stereocenters. The molecule has 0 unspecified atom stereocenters. The van der Waals surface area contributed by atoms with E-state index in [4.69, 9.17) is 0 Å². The summed E-state index contributed by atoms with van der Waals surface area (Å²) in [4.78, 5) is 0. The van der Waals surface area contributed by atoms with Crippen LogP contribution in [0.4, 0.5) is 0 Å². The molecule has 0 aliphatic rings. The van der Waals surface area contributed by atoms with Gasteiger partial charge in [-0.2, -0.15) is 0 Å². The van der Waals surface area contributed by atoms with E-state index in [1.54, 1.807) is 0 Å². The van der Waals surface area contributed by atoms with Crippen molar-refractivity contribution < 1.29 is 57.0 Å². The van der Waals surface area contributed by atoms with Crippen molar-refractivity contribution in [3.05, 3.63) is 0 Å². The third-order valence-corrected chi connectivity index (χ3v) is 0. The van der Waals surface area contributed by atoms with Crippen LogP contribution in [0.5, 0.6) is 0 Å². The number of hydrogen-bond donors (Lipinski definition) is 0. The molecule has 0 fully saturated rings. The monoisotopic (exact) mass is 70.1 g/mol. The van der Waals surface area contributed by atoms with Crippen LogP contribution in [0.15, 0.2) is 0 Å². The molecule has 0 saturated carbocycles. The quantitative estimate of drug-likeness (QED) is 0.253. The molecule has 0 amide bonds. The first kappa shape index (κ1) is 135. The zero-order valence-corrected chi connectivity index (χ0v) is 3.50. The van der Waals surface area contributed by atoms with Gasteiger partial charge in [0.15, 0.2) is 0 Å². The molecule has 3 nitrogen and oxygen atoms in total. The molecular formula is H8Li2O3. The molecule has 0 radical (unpaired) electrons. The largest absolute Gasteiger partial charge is 1.00 e. The fourth-order valence-electron chi connectivity index (χ4n) is 0. The van der Waals surface area contributed by atoms with E-state index < -0.39 is 0 Å². The van der Waals surface area contributed by atoms with Crippen molar-refractivity contribution in [1.82, 2.24) is 0 Å². The molecule has 0 bridgehead atoms. The minimum absolute atomic E-state index is 0. The molecule has 0 aromatic carbocycles. The van der Waals surface area contributed by atoms with E-state index in [0.717, 1.165) is 0 Å². The van der Waals surface area contributed by atoms with Crippen molar-refractivity contribution in [2.24, 2.45) is 0 Å². The van der Waals surface area contributed by atoms with Crippen LogP contribution in [0.25, 0.3) is 0 Å². The van der Waals surface area contributed by atoms with Crippen LogP contribution < -0.4 is 37.7 Å². The van der Waals surface area contributed by atoms with Gasteiger partial charge in [-0.15, -0.1) is 0 Å². The topological polar surface area (TPSA) is 94.5 Å². The summed E-state index contributed by atoms with van der Waals surface area (Å²) >= 11 is 0. The predicted molar refractivity (Wildman–Crippen MR) is 13.1 cm³/mol. The van der Waals surface area contributed by atoms with Gasteiger partial charge in [0.25, 0.3) is 0 Å². The van der Waals surface area contributed by atoms with Crippen LogP contribution in [0.3, 0.4) is 0 Å². The molecular weight excluding hydrogens is 61.9 g/mol. The molecule has 0 aliphatic carbocycles. The molecule has 5 heavy (non-hydrogen) atoms. The van der Waals surface area contributed by atoms with Crippen LogP contribution in [-0.4, -0.2) is 16.4 Å². The zero-order valence-electron chi connectivity index (χ0n) is 5.50. The molecule has 0 saturated heterocycles. The van der Waals surface area contributed by atoms with Gasteiger partial charge in [0, 0.05) is 0 Å². The Morgan fingerprint density at radius 3 is 0.600 bits per heavy atom. The second-order valence-corrected chi connectivity index (χ2v) is 0. The van der Waals surface area contributed by atoms with Crippen LogP contribution in [0.1, 0.15) is 2.85 Å². The summed E-state index contributed by atoms with van der Waals surface area (Å²) in [7, 11) is 0. The van der Waals surface area contributed by atoms with Gasteiger partial charge in [-0.25, -0.2) is 0 Å². The van der Waals surface area contributed by atoms with Gasteiger partial charge in [-0.1, -0.05) is 0 Å². The van der Waals surface area contributed by atoms with Crippen LogP contribution >= 0.6 is 0 Å². The normalized spacial score (nSPS) is 0. The third kappa shape index (κ3) is 41.5. The van der Waals surface area contributed by atoms with E-state index >= 15 is 0 Å². The molecule has 5 heteroatoms. The molecule has 6 N–H and O–H groups in total. The second kappa shape index (κ2) is 72.9.